The Morgan fingerprint density at radius 3 is 2.42 bits per heavy atom. The van der Waals surface area contributed by atoms with Gasteiger partial charge >= 0.3 is 0 Å². The standard InChI is InChI=1S/C7H8ClNO2S/c8-5-12(10,11)7-4-2-1-3-6(7)9/h1-4H,5,9H2. The third-order valence-corrected chi connectivity index (χ3v) is 3.59. The quantitative estimate of drug-likeness (QED) is 0.584. The summed E-state index contributed by atoms with van der Waals surface area (Å²) in [6, 6.07) is 6.24. The molecule has 0 aromatic heterocycles. The molecule has 5 heteroatoms. The molecule has 0 fully saturated rings. The highest BCUT2D eigenvalue weighted by atomic mass is 35.5. The third-order valence-electron chi connectivity index (χ3n) is 1.40. The van der Waals surface area contributed by atoms with Crippen molar-refractivity contribution in [3.63, 3.8) is 0 Å². The highest BCUT2D eigenvalue weighted by Gasteiger charge is 2.14. The van der Waals surface area contributed by atoms with E-state index in [0.29, 0.717) is 0 Å². The minimum atomic E-state index is -3.39. The summed E-state index contributed by atoms with van der Waals surface area (Å²) >= 11 is 5.26. The third kappa shape index (κ3) is 1.70. The minimum absolute atomic E-state index is 0.0972. The molecule has 0 unspecified atom stereocenters. The van der Waals surface area contributed by atoms with Crippen LogP contribution in [0, 0.1) is 0 Å². The normalized spacial score (nSPS) is 11.4. The number of nitrogens with two attached hydrogens (primary N) is 1. The molecule has 0 bridgehead atoms. The van der Waals surface area contributed by atoms with Gasteiger partial charge in [0.05, 0.1) is 10.6 Å². The molecular formula is C7H8ClNO2S. The molecular weight excluding hydrogens is 198 g/mol. The van der Waals surface area contributed by atoms with Crippen molar-refractivity contribution >= 4 is 27.1 Å². The Hall–Kier alpha value is -0.740. The van der Waals surface area contributed by atoms with Crippen LogP contribution in [0.1, 0.15) is 0 Å². The van der Waals surface area contributed by atoms with Gasteiger partial charge in [-0.05, 0) is 12.1 Å². The molecule has 0 heterocycles. The number of nitrogen functional groups attached to an aromatic ring is 1. The van der Waals surface area contributed by atoms with Gasteiger partial charge in [-0.1, -0.05) is 12.1 Å². The summed E-state index contributed by atoms with van der Waals surface area (Å²) in [7, 11) is -3.39. The maximum absolute atomic E-state index is 11.2. The van der Waals surface area contributed by atoms with E-state index >= 15 is 0 Å². The Morgan fingerprint density at radius 1 is 1.33 bits per heavy atom. The number of alkyl halides is 1. The Labute approximate surface area is 76.1 Å². The molecule has 1 rings (SSSR count). The summed E-state index contributed by atoms with van der Waals surface area (Å²) in [5, 5.41) is -0.443. The van der Waals surface area contributed by atoms with Crippen LogP contribution in [-0.4, -0.2) is 13.6 Å². The molecule has 0 saturated carbocycles. The van der Waals surface area contributed by atoms with Crippen LogP contribution in [0.4, 0.5) is 5.69 Å². The smallest absolute Gasteiger partial charge is 0.194 e. The van der Waals surface area contributed by atoms with Crippen LogP contribution >= 0.6 is 11.6 Å². The predicted molar refractivity (Wildman–Crippen MR) is 48.8 cm³/mol. The lowest BCUT2D eigenvalue weighted by molar-refractivity contribution is 0.601. The van der Waals surface area contributed by atoms with Crippen LogP contribution in [0.25, 0.3) is 0 Å². The largest absolute Gasteiger partial charge is 0.398 e. The van der Waals surface area contributed by atoms with Crippen molar-refractivity contribution in [3.05, 3.63) is 24.3 Å². The maximum atomic E-state index is 11.2. The zero-order valence-electron chi connectivity index (χ0n) is 6.20. The van der Waals surface area contributed by atoms with E-state index in [4.69, 9.17) is 17.3 Å². The van der Waals surface area contributed by atoms with Crippen molar-refractivity contribution in [3.8, 4) is 0 Å². The number of hydrogen-bond donors (Lipinski definition) is 1. The molecule has 66 valence electrons. The van der Waals surface area contributed by atoms with E-state index in [1.165, 1.54) is 12.1 Å². The number of benzene rings is 1. The van der Waals surface area contributed by atoms with Crippen molar-refractivity contribution in [2.24, 2.45) is 0 Å². The number of para-hydroxylation sites is 1. The van der Waals surface area contributed by atoms with Crippen molar-refractivity contribution in [1.82, 2.24) is 0 Å². The molecule has 1 aromatic carbocycles. The molecule has 0 aliphatic heterocycles. The van der Waals surface area contributed by atoms with Gasteiger partial charge in [-0.15, -0.1) is 11.6 Å². The lowest BCUT2D eigenvalue weighted by atomic mass is 10.3. The van der Waals surface area contributed by atoms with Crippen molar-refractivity contribution in [1.29, 1.82) is 0 Å². The number of sulfone groups is 1. The molecule has 1 aromatic rings. The Morgan fingerprint density at radius 2 is 1.92 bits per heavy atom. The number of hydrogen-bond acceptors (Lipinski definition) is 3. The first-order valence-electron chi connectivity index (χ1n) is 3.21. The first kappa shape index (κ1) is 9.35. The van der Waals surface area contributed by atoms with Gasteiger partial charge in [-0.2, -0.15) is 0 Å². The fraction of sp³-hybridized carbons (Fsp3) is 0.143. The van der Waals surface area contributed by atoms with Crippen LogP contribution < -0.4 is 5.73 Å². The predicted octanol–water partition coefficient (Wildman–Crippen LogP) is 1.24. The van der Waals surface area contributed by atoms with E-state index in [1.54, 1.807) is 12.1 Å². The zero-order chi connectivity index (χ0) is 9.19. The molecule has 0 spiro atoms. The van der Waals surface area contributed by atoms with Gasteiger partial charge in [0, 0.05) is 0 Å². The molecule has 0 saturated heterocycles. The average Bonchev–Trinajstić information content (AvgIpc) is 2.05. The van der Waals surface area contributed by atoms with E-state index in [2.05, 4.69) is 0 Å². The molecule has 0 amide bonds. The summed E-state index contributed by atoms with van der Waals surface area (Å²) in [5.41, 5.74) is 5.68. The second-order valence-electron chi connectivity index (χ2n) is 2.26. The van der Waals surface area contributed by atoms with E-state index in [1.807, 2.05) is 0 Å². The Bertz CT molecular complexity index is 375. The van der Waals surface area contributed by atoms with Gasteiger partial charge in [0.15, 0.2) is 9.84 Å². The molecule has 3 nitrogen and oxygen atoms in total. The van der Waals surface area contributed by atoms with Crippen LogP contribution in [-0.2, 0) is 9.84 Å². The maximum Gasteiger partial charge on any atom is 0.194 e. The van der Waals surface area contributed by atoms with Gasteiger partial charge in [-0.25, -0.2) is 8.42 Å². The monoisotopic (exact) mass is 205 g/mol. The summed E-state index contributed by atoms with van der Waals surface area (Å²) in [4.78, 5) is 0.0972. The molecule has 0 radical (unpaired) electrons. The lowest BCUT2D eigenvalue weighted by Crippen LogP contribution is -2.05. The molecule has 0 atom stereocenters. The number of anilines is 1. The summed E-state index contributed by atoms with van der Waals surface area (Å²) in [6.07, 6.45) is 0. The molecule has 0 aliphatic rings. The second kappa shape index (κ2) is 3.33. The highest BCUT2D eigenvalue weighted by molar-refractivity contribution is 7.92. The summed E-state index contributed by atoms with van der Waals surface area (Å²) in [5.74, 6) is 0. The topological polar surface area (TPSA) is 60.2 Å². The molecule has 12 heavy (non-hydrogen) atoms. The Kier molecular flexibility index (Phi) is 2.59. The van der Waals surface area contributed by atoms with E-state index in [-0.39, 0.29) is 10.6 Å². The summed E-state index contributed by atoms with van der Waals surface area (Å²) < 4.78 is 22.4. The number of halogens is 1. The first-order chi connectivity index (χ1) is 5.58. The minimum Gasteiger partial charge on any atom is -0.398 e. The van der Waals surface area contributed by atoms with E-state index < -0.39 is 15.0 Å². The average molecular weight is 206 g/mol. The van der Waals surface area contributed by atoms with Gasteiger partial charge in [0.25, 0.3) is 0 Å². The molecule has 2 N–H and O–H groups in total. The van der Waals surface area contributed by atoms with Crippen LogP contribution in [0.5, 0.6) is 0 Å². The second-order valence-corrected chi connectivity index (χ2v) is 4.80. The zero-order valence-corrected chi connectivity index (χ0v) is 7.77. The number of rotatable bonds is 2. The summed E-state index contributed by atoms with van der Waals surface area (Å²) in [6.45, 7) is 0. The fourth-order valence-electron chi connectivity index (χ4n) is 0.823. The van der Waals surface area contributed by atoms with Gasteiger partial charge in [0.1, 0.15) is 5.21 Å². The van der Waals surface area contributed by atoms with Gasteiger partial charge in [0.2, 0.25) is 0 Å². The van der Waals surface area contributed by atoms with Crippen molar-refractivity contribution in [2.75, 3.05) is 10.9 Å². The van der Waals surface area contributed by atoms with Crippen molar-refractivity contribution in [2.45, 2.75) is 4.90 Å². The fourth-order valence-corrected chi connectivity index (χ4v) is 2.01. The van der Waals surface area contributed by atoms with Crippen molar-refractivity contribution < 1.29 is 8.42 Å². The van der Waals surface area contributed by atoms with Gasteiger partial charge in [-0.3, -0.25) is 0 Å². The van der Waals surface area contributed by atoms with E-state index in [0.717, 1.165) is 0 Å². The van der Waals surface area contributed by atoms with Crippen LogP contribution in [0.2, 0.25) is 0 Å². The highest BCUT2D eigenvalue weighted by Crippen LogP contribution is 2.18. The first-order valence-corrected chi connectivity index (χ1v) is 5.40. The van der Waals surface area contributed by atoms with Gasteiger partial charge < -0.3 is 5.73 Å². The molecule has 0 aliphatic carbocycles. The van der Waals surface area contributed by atoms with Crippen LogP contribution in [0.3, 0.4) is 0 Å². The SMILES string of the molecule is Nc1ccccc1S(=O)(=O)CCl. The van der Waals surface area contributed by atoms with E-state index in [9.17, 15) is 8.42 Å². The lowest BCUT2D eigenvalue weighted by Gasteiger charge is -2.02. The Balaban J connectivity index is 3.30. The van der Waals surface area contributed by atoms with Crippen LogP contribution in [0.15, 0.2) is 29.2 Å².